The van der Waals surface area contributed by atoms with Crippen molar-refractivity contribution in [3.05, 3.63) is 53.6 Å². The molecule has 3 saturated carbocycles. The van der Waals surface area contributed by atoms with Crippen molar-refractivity contribution >= 4 is 27.7 Å². The Morgan fingerprint density at radius 3 is 2.64 bits per heavy atom. The van der Waals surface area contributed by atoms with Gasteiger partial charge in [-0.2, -0.15) is 8.42 Å². The van der Waals surface area contributed by atoms with Gasteiger partial charge in [-0.1, -0.05) is 31.6 Å². The van der Waals surface area contributed by atoms with E-state index in [1.807, 2.05) is 0 Å². The van der Waals surface area contributed by atoms with Gasteiger partial charge in [0.25, 0.3) is 10.1 Å². The normalized spacial score (nSPS) is 39.3. The van der Waals surface area contributed by atoms with E-state index in [0.717, 1.165) is 12.1 Å². The molecule has 0 aliphatic heterocycles. The number of aliphatic hydroxyl groups excluding tert-OH is 1. The van der Waals surface area contributed by atoms with Crippen LogP contribution in [0.2, 0.25) is 0 Å². The molecule has 0 spiro atoms. The zero-order valence-corrected chi connectivity index (χ0v) is 22.4. The monoisotopic (exact) mass is 562 g/mol. The minimum atomic E-state index is -4.57. The molecule has 4 aliphatic rings. The van der Waals surface area contributed by atoms with E-state index >= 15 is 4.39 Å². The molecule has 0 unspecified atom stereocenters. The molecule has 0 heterocycles. The minimum absolute atomic E-state index is 0.201. The summed E-state index contributed by atoms with van der Waals surface area (Å²) in [6.45, 7) is 2.53. The van der Waals surface area contributed by atoms with Gasteiger partial charge in [0.2, 0.25) is 5.78 Å². The molecule has 9 nitrogen and oxygen atoms in total. The Bertz CT molecular complexity index is 1420. The quantitative estimate of drug-likeness (QED) is 0.363. The molecule has 0 saturated heterocycles. The third kappa shape index (κ3) is 4.04. The van der Waals surface area contributed by atoms with Crippen molar-refractivity contribution < 1.29 is 46.7 Å². The zero-order valence-electron chi connectivity index (χ0n) is 21.5. The molecule has 1 aromatic carbocycles. The van der Waals surface area contributed by atoms with Gasteiger partial charge in [-0.05, 0) is 67.9 Å². The number of Topliss-reactive ketones (excluding diaryl/α,β-unsaturated/α-hetero) is 1. The van der Waals surface area contributed by atoms with Crippen molar-refractivity contribution in [2.24, 2.45) is 29.1 Å². The standard InChI is InChI=1S/C28H31FO9S/c1-15-10-22-21-8-6-16-11-18(30)7-9-20(16)27(21,29)23(31)13-26(22,2)28(15,34)24(32)14-38-25(33)17-4-3-5-19(12-17)39(35,36)37/h3-5,7,9,11-12,15,20-23,31,34H,6,8,10,13-14H2,1-2H3,(H,35,36,37)/t15-,20+,21+,22+,23+,26+,27+,28+/m1/s1. The summed E-state index contributed by atoms with van der Waals surface area (Å²) in [5.41, 5.74) is -4.86. The van der Waals surface area contributed by atoms with E-state index < -0.39 is 79.8 Å². The van der Waals surface area contributed by atoms with Gasteiger partial charge in [0.05, 0.1) is 16.6 Å². The van der Waals surface area contributed by atoms with Crippen molar-refractivity contribution in [1.29, 1.82) is 0 Å². The number of alkyl halides is 1. The topological polar surface area (TPSA) is 155 Å². The zero-order chi connectivity index (χ0) is 28.5. The van der Waals surface area contributed by atoms with Crippen molar-refractivity contribution in [2.45, 2.75) is 61.8 Å². The van der Waals surface area contributed by atoms with Crippen LogP contribution in [0.15, 0.2) is 53.0 Å². The summed E-state index contributed by atoms with van der Waals surface area (Å²) in [4.78, 5) is 37.4. The highest BCUT2D eigenvalue weighted by atomic mass is 32.2. The van der Waals surface area contributed by atoms with E-state index in [1.165, 1.54) is 30.4 Å². The van der Waals surface area contributed by atoms with Gasteiger partial charge in [-0.3, -0.25) is 14.1 Å². The van der Waals surface area contributed by atoms with Crippen molar-refractivity contribution in [1.82, 2.24) is 0 Å². The van der Waals surface area contributed by atoms with Crippen molar-refractivity contribution in [2.75, 3.05) is 6.61 Å². The third-order valence-electron chi connectivity index (χ3n) is 9.72. The number of hydrogen-bond acceptors (Lipinski definition) is 8. The second-order valence-electron chi connectivity index (χ2n) is 11.6. The molecule has 8 atom stereocenters. The number of allylic oxidation sites excluding steroid dienone is 4. The summed E-state index contributed by atoms with van der Waals surface area (Å²) in [6.07, 6.45) is 3.70. The molecule has 0 radical (unpaired) electrons. The van der Waals surface area contributed by atoms with E-state index in [0.29, 0.717) is 24.8 Å². The Morgan fingerprint density at radius 1 is 1.23 bits per heavy atom. The Labute approximate surface area is 225 Å². The number of carbonyl (C=O) groups excluding carboxylic acids is 3. The maximum absolute atomic E-state index is 16.9. The van der Waals surface area contributed by atoms with Gasteiger partial charge in [0, 0.05) is 17.3 Å². The molecule has 1 aromatic rings. The number of aliphatic hydroxyl groups is 2. The van der Waals surface area contributed by atoms with Gasteiger partial charge in [0.1, 0.15) is 11.3 Å². The molecule has 11 heteroatoms. The van der Waals surface area contributed by atoms with Crippen LogP contribution in [0.25, 0.3) is 0 Å². The van der Waals surface area contributed by atoms with E-state index in [4.69, 9.17) is 4.74 Å². The predicted molar refractivity (Wildman–Crippen MR) is 135 cm³/mol. The molecule has 3 N–H and O–H groups in total. The van der Waals surface area contributed by atoms with Gasteiger partial charge in [-0.25, -0.2) is 9.18 Å². The first-order chi connectivity index (χ1) is 18.1. The number of carbonyl (C=O) groups is 3. The summed E-state index contributed by atoms with van der Waals surface area (Å²) < 4.78 is 54.0. The highest BCUT2D eigenvalue weighted by Gasteiger charge is 2.73. The largest absolute Gasteiger partial charge is 0.454 e. The summed E-state index contributed by atoms with van der Waals surface area (Å²) in [6, 6.07) is 4.48. The highest BCUT2D eigenvalue weighted by molar-refractivity contribution is 7.85. The number of ether oxygens (including phenoxy) is 1. The third-order valence-corrected chi connectivity index (χ3v) is 10.6. The van der Waals surface area contributed by atoms with E-state index in [-0.39, 0.29) is 17.8 Å². The maximum Gasteiger partial charge on any atom is 0.338 e. The molecule has 3 fully saturated rings. The Balaban J connectivity index is 1.39. The lowest BCUT2D eigenvalue weighted by molar-refractivity contribution is -0.206. The number of hydrogen-bond donors (Lipinski definition) is 3. The summed E-state index contributed by atoms with van der Waals surface area (Å²) >= 11 is 0. The van der Waals surface area contributed by atoms with Gasteiger partial charge >= 0.3 is 5.97 Å². The van der Waals surface area contributed by atoms with Crippen LogP contribution < -0.4 is 0 Å². The van der Waals surface area contributed by atoms with Crippen LogP contribution in [0.3, 0.4) is 0 Å². The molecular weight excluding hydrogens is 531 g/mol. The van der Waals surface area contributed by atoms with E-state index in [1.54, 1.807) is 13.8 Å². The Hall–Kier alpha value is -2.73. The molecular formula is C28H31FO9S. The van der Waals surface area contributed by atoms with Crippen LogP contribution in [0.4, 0.5) is 4.39 Å². The minimum Gasteiger partial charge on any atom is -0.454 e. The fraction of sp³-hybridized carbons (Fsp3) is 0.536. The highest BCUT2D eigenvalue weighted by Crippen LogP contribution is 2.68. The molecule has 0 amide bonds. The van der Waals surface area contributed by atoms with Crippen molar-refractivity contribution in [3.63, 3.8) is 0 Å². The summed E-state index contributed by atoms with van der Waals surface area (Å²) in [7, 11) is -4.57. The molecule has 210 valence electrons. The first-order valence-electron chi connectivity index (χ1n) is 12.9. The van der Waals surface area contributed by atoms with Crippen LogP contribution in [-0.4, -0.2) is 64.7 Å². The van der Waals surface area contributed by atoms with Crippen LogP contribution in [-0.2, 0) is 24.4 Å². The average Bonchev–Trinajstić information content (AvgIpc) is 3.08. The fourth-order valence-electron chi connectivity index (χ4n) is 7.86. The first-order valence-corrected chi connectivity index (χ1v) is 14.4. The average molecular weight is 563 g/mol. The number of benzene rings is 1. The maximum atomic E-state index is 16.9. The van der Waals surface area contributed by atoms with Gasteiger partial charge in [0.15, 0.2) is 12.4 Å². The molecule has 39 heavy (non-hydrogen) atoms. The lowest BCUT2D eigenvalue weighted by atomic mass is 9.48. The molecule has 4 aliphatic carbocycles. The molecule has 0 bridgehead atoms. The Morgan fingerprint density at radius 2 is 1.95 bits per heavy atom. The van der Waals surface area contributed by atoms with Crippen LogP contribution >= 0.6 is 0 Å². The number of halogens is 1. The van der Waals surface area contributed by atoms with Crippen LogP contribution in [0.5, 0.6) is 0 Å². The number of esters is 1. The second kappa shape index (κ2) is 9.15. The number of fused-ring (bicyclic) bond motifs is 5. The lowest BCUT2D eigenvalue weighted by Crippen LogP contribution is -2.67. The lowest BCUT2D eigenvalue weighted by Gasteiger charge is -2.59. The molecule has 0 aromatic heterocycles. The Kier molecular flexibility index (Phi) is 6.53. The summed E-state index contributed by atoms with van der Waals surface area (Å²) in [5.74, 6) is -4.54. The SMILES string of the molecule is C[C@@H]1C[C@H]2[C@@H]3CCC4=CC(=O)C=C[C@@H]4[C@@]3(F)[C@@H](O)C[C@]2(C)[C@@]1(O)C(=O)COC(=O)c1cccc(S(=O)(=O)O)c1. The van der Waals surface area contributed by atoms with Crippen molar-refractivity contribution in [3.8, 4) is 0 Å². The number of rotatable bonds is 5. The van der Waals surface area contributed by atoms with Gasteiger partial charge < -0.3 is 14.9 Å². The van der Waals surface area contributed by atoms with Crippen LogP contribution in [0.1, 0.15) is 49.9 Å². The molecule has 5 rings (SSSR count). The number of ketones is 2. The first kappa shape index (κ1) is 27.8. The summed E-state index contributed by atoms with van der Waals surface area (Å²) in [5, 5.41) is 23.2. The van der Waals surface area contributed by atoms with Gasteiger partial charge in [-0.15, -0.1) is 0 Å². The van der Waals surface area contributed by atoms with E-state index in [2.05, 4.69) is 0 Å². The second-order valence-corrected chi connectivity index (χ2v) is 13.0. The van der Waals surface area contributed by atoms with E-state index in [9.17, 15) is 37.6 Å². The smallest absolute Gasteiger partial charge is 0.338 e. The van der Waals surface area contributed by atoms with Crippen LogP contribution in [0, 0.1) is 29.1 Å². The fourth-order valence-corrected chi connectivity index (χ4v) is 8.39. The predicted octanol–water partition coefficient (Wildman–Crippen LogP) is 2.62.